The Labute approximate surface area is 142 Å². The monoisotopic (exact) mass is 357 g/mol. The molecule has 0 saturated heterocycles. The second-order valence-corrected chi connectivity index (χ2v) is 5.17. The number of nitrogens with one attached hydrogen (secondary N) is 2. The molecule has 1 aromatic rings. The number of para-hydroxylation sites is 1. The highest BCUT2D eigenvalue weighted by Crippen LogP contribution is 2.16. The fourth-order valence-corrected chi connectivity index (χ4v) is 1.84. The molecule has 6 nitrogen and oxygen atoms in total. The van der Waals surface area contributed by atoms with Gasteiger partial charge in [-0.05, 0) is 17.7 Å². The van der Waals surface area contributed by atoms with Gasteiger partial charge in [0.05, 0.1) is 13.0 Å². The van der Waals surface area contributed by atoms with Crippen LogP contribution in [-0.2, 0) is 20.8 Å². The number of hydrogen-bond acceptors (Lipinski definition) is 3. The van der Waals surface area contributed by atoms with Crippen molar-refractivity contribution in [1.82, 2.24) is 10.2 Å². The van der Waals surface area contributed by atoms with Crippen molar-refractivity contribution in [1.29, 1.82) is 0 Å². The minimum atomic E-state index is -4.51. The van der Waals surface area contributed by atoms with Crippen molar-refractivity contribution < 1.29 is 27.6 Å². The maximum atomic E-state index is 12.1. The van der Waals surface area contributed by atoms with Gasteiger partial charge in [0.1, 0.15) is 6.54 Å². The molecule has 0 spiro atoms. The van der Waals surface area contributed by atoms with E-state index in [0.29, 0.717) is 11.3 Å². The first-order valence-electron chi connectivity index (χ1n) is 7.21. The van der Waals surface area contributed by atoms with Gasteiger partial charge in [-0.2, -0.15) is 13.2 Å². The zero-order chi connectivity index (χ0) is 19.0. The number of likely N-dealkylation sites (N-methyl/N-ethyl adjacent to an activating group) is 1. The van der Waals surface area contributed by atoms with Crippen LogP contribution in [0, 0.1) is 0 Å². The first kappa shape index (κ1) is 20.2. The molecule has 0 saturated carbocycles. The van der Waals surface area contributed by atoms with Crippen molar-refractivity contribution in [3.8, 4) is 0 Å². The highest BCUT2D eigenvalue weighted by Gasteiger charge is 2.28. The number of anilines is 1. The first-order chi connectivity index (χ1) is 11.6. The van der Waals surface area contributed by atoms with Gasteiger partial charge in [0.2, 0.25) is 17.7 Å². The number of halogens is 3. The molecular weight excluding hydrogens is 339 g/mol. The van der Waals surface area contributed by atoms with E-state index in [4.69, 9.17) is 0 Å². The van der Waals surface area contributed by atoms with Crippen LogP contribution in [-0.4, -0.2) is 48.9 Å². The number of alkyl halides is 3. The Morgan fingerprint density at radius 3 is 2.48 bits per heavy atom. The Balaban J connectivity index is 2.65. The number of rotatable bonds is 7. The van der Waals surface area contributed by atoms with Crippen LogP contribution in [0.5, 0.6) is 0 Å². The van der Waals surface area contributed by atoms with E-state index in [1.54, 1.807) is 29.6 Å². The Morgan fingerprint density at radius 1 is 1.24 bits per heavy atom. The van der Waals surface area contributed by atoms with E-state index in [1.807, 2.05) is 0 Å². The maximum absolute atomic E-state index is 12.1. The second-order valence-electron chi connectivity index (χ2n) is 5.17. The molecule has 1 rings (SSSR count). The molecule has 0 aliphatic carbocycles. The predicted octanol–water partition coefficient (Wildman–Crippen LogP) is 1.49. The third-order valence-electron chi connectivity index (χ3n) is 3.09. The van der Waals surface area contributed by atoms with E-state index in [9.17, 15) is 27.6 Å². The number of carbonyl (C=O) groups is 3. The van der Waals surface area contributed by atoms with Crippen LogP contribution in [0.2, 0.25) is 0 Å². The number of amides is 3. The maximum Gasteiger partial charge on any atom is 0.405 e. The highest BCUT2D eigenvalue weighted by atomic mass is 19.4. The number of hydrogen-bond donors (Lipinski definition) is 2. The van der Waals surface area contributed by atoms with Crippen LogP contribution in [0.1, 0.15) is 5.56 Å². The van der Waals surface area contributed by atoms with E-state index in [2.05, 4.69) is 11.9 Å². The molecule has 0 bridgehead atoms. The molecule has 0 unspecified atom stereocenters. The largest absolute Gasteiger partial charge is 0.405 e. The van der Waals surface area contributed by atoms with Crippen molar-refractivity contribution in [2.45, 2.75) is 12.6 Å². The second kappa shape index (κ2) is 8.86. The average molecular weight is 357 g/mol. The van der Waals surface area contributed by atoms with Crippen molar-refractivity contribution in [3.63, 3.8) is 0 Å². The molecule has 1 aromatic carbocycles. The topological polar surface area (TPSA) is 78.5 Å². The SMILES string of the molecule is C=CC(=O)Nc1ccccc1CC(=O)N(C)CC(=O)NCC(F)(F)F. The zero-order valence-corrected chi connectivity index (χ0v) is 13.5. The molecule has 0 aromatic heterocycles. The average Bonchev–Trinajstić information content (AvgIpc) is 2.53. The third-order valence-corrected chi connectivity index (χ3v) is 3.09. The van der Waals surface area contributed by atoms with E-state index < -0.39 is 37.0 Å². The van der Waals surface area contributed by atoms with Gasteiger partial charge in [-0.25, -0.2) is 0 Å². The summed E-state index contributed by atoms with van der Waals surface area (Å²) in [6.07, 6.45) is -3.56. The molecule has 0 radical (unpaired) electrons. The van der Waals surface area contributed by atoms with Gasteiger partial charge < -0.3 is 15.5 Å². The van der Waals surface area contributed by atoms with Crippen LogP contribution >= 0.6 is 0 Å². The molecule has 2 N–H and O–H groups in total. The fraction of sp³-hybridized carbons (Fsp3) is 0.312. The van der Waals surface area contributed by atoms with Gasteiger partial charge in [0, 0.05) is 12.7 Å². The van der Waals surface area contributed by atoms with Crippen molar-refractivity contribution in [2.75, 3.05) is 25.5 Å². The summed E-state index contributed by atoms with van der Waals surface area (Å²) in [5.74, 6) is -1.84. The fourth-order valence-electron chi connectivity index (χ4n) is 1.84. The van der Waals surface area contributed by atoms with Crippen molar-refractivity contribution in [2.24, 2.45) is 0 Å². The molecule has 3 amide bonds. The van der Waals surface area contributed by atoms with Crippen LogP contribution in [0.4, 0.5) is 18.9 Å². The summed E-state index contributed by atoms with van der Waals surface area (Å²) in [5.41, 5.74) is 0.918. The van der Waals surface area contributed by atoms with Crippen LogP contribution in [0.3, 0.4) is 0 Å². The van der Waals surface area contributed by atoms with Gasteiger partial charge >= 0.3 is 6.18 Å². The molecule has 0 atom stereocenters. The Bertz CT molecular complexity index is 660. The first-order valence-corrected chi connectivity index (χ1v) is 7.21. The number of carbonyl (C=O) groups excluding carboxylic acids is 3. The molecule has 136 valence electrons. The summed E-state index contributed by atoms with van der Waals surface area (Å²) < 4.78 is 36.1. The predicted molar refractivity (Wildman–Crippen MR) is 85.7 cm³/mol. The number of benzene rings is 1. The zero-order valence-electron chi connectivity index (χ0n) is 13.5. The summed E-state index contributed by atoms with van der Waals surface area (Å²) in [5, 5.41) is 4.24. The van der Waals surface area contributed by atoms with E-state index in [0.717, 1.165) is 11.0 Å². The summed E-state index contributed by atoms with van der Waals surface area (Å²) in [6, 6.07) is 6.55. The molecule has 0 aliphatic heterocycles. The Hall–Kier alpha value is -2.84. The van der Waals surface area contributed by atoms with Gasteiger partial charge in [0.25, 0.3) is 0 Å². The summed E-state index contributed by atoms with van der Waals surface area (Å²) in [7, 11) is 1.31. The van der Waals surface area contributed by atoms with Crippen molar-refractivity contribution >= 4 is 23.4 Å². The van der Waals surface area contributed by atoms with Crippen molar-refractivity contribution in [3.05, 3.63) is 42.5 Å². The normalized spacial score (nSPS) is 10.7. The minimum Gasteiger partial charge on any atom is -0.345 e. The van der Waals surface area contributed by atoms with Crippen LogP contribution in [0.25, 0.3) is 0 Å². The molecule has 0 fully saturated rings. The molecular formula is C16H18F3N3O3. The molecule has 0 aliphatic rings. The van der Waals surface area contributed by atoms with Crippen LogP contribution in [0.15, 0.2) is 36.9 Å². The van der Waals surface area contributed by atoms with E-state index in [-0.39, 0.29) is 6.42 Å². The van der Waals surface area contributed by atoms with Gasteiger partial charge in [-0.1, -0.05) is 24.8 Å². The summed E-state index contributed by atoms with van der Waals surface area (Å²) in [4.78, 5) is 36.0. The van der Waals surface area contributed by atoms with E-state index in [1.165, 1.54) is 7.05 Å². The molecule has 0 heterocycles. The molecule has 25 heavy (non-hydrogen) atoms. The lowest BCUT2D eigenvalue weighted by atomic mass is 10.1. The highest BCUT2D eigenvalue weighted by molar-refractivity contribution is 5.99. The lowest BCUT2D eigenvalue weighted by Gasteiger charge is -2.18. The Morgan fingerprint density at radius 2 is 1.88 bits per heavy atom. The van der Waals surface area contributed by atoms with Gasteiger partial charge in [0.15, 0.2) is 0 Å². The quantitative estimate of drug-likeness (QED) is 0.726. The number of nitrogens with zero attached hydrogens (tertiary/aromatic N) is 1. The lowest BCUT2D eigenvalue weighted by Crippen LogP contribution is -2.42. The standard InChI is InChI=1S/C16H18F3N3O3/c1-3-13(23)21-12-7-5-4-6-11(12)8-15(25)22(2)9-14(24)20-10-16(17,18)19/h3-7H,1,8-10H2,2H3,(H,20,24)(H,21,23). The third kappa shape index (κ3) is 7.51. The lowest BCUT2D eigenvalue weighted by molar-refractivity contribution is -0.141. The molecule has 9 heteroatoms. The smallest absolute Gasteiger partial charge is 0.345 e. The van der Waals surface area contributed by atoms with E-state index >= 15 is 0 Å². The van der Waals surface area contributed by atoms with Gasteiger partial charge in [-0.3, -0.25) is 14.4 Å². The van der Waals surface area contributed by atoms with Gasteiger partial charge in [-0.15, -0.1) is 0 Å². The summed E-state index contributed by atoms with van der Waals surface area (Å²) in [6.45, 7) is 1.37. The summed E-state index contributed by atoms with van der Waals surface area (Å²) >= 11 is 0. The van der Waals surface area contributed by atoms with Crippen LogP contribution < -0.4 is 10.6 Å². The Kier molecular flexibility index (Phi) is 7.16. The minimum absolute atomic E-state index is 0.128.